The molecule has 9 heteroatoms. The van der Waals surface area contributed by atoms with Crippen LogP contribution < -0.4 is 16.0 Å². The van der Waals surface area contributed by atoms with E-state index in [0.717, 1.165) is 17.7 Å². The van der Waals surface area contributed by atoms with Crippen molar-refractivity contribution < 1.29 is 4.79 Å². The number of carbonyl (C=O) groups excluding carboxylic acids is 1. The third-order valence-electron chi connectivity index (χ3n) is 5.75. The lowest BCUT2D eigenvalue weighted by Crippen LogP contribution is -2.48. The maximum absolute atomic E-state index is 11.7. The predicted molar refractivity (Wildman–Crippen MR) is 141 cm³/mol. The minimum atomic E-state index is -0.332. The van der Waals surface area contributed by atoms with Crippen molar-refractivity contribution in [2.24, 2.45) is 4.99 Å². The van der Waals surface area contributed by atoms with Crippen LogP contribution in [0.5, 0.6) is 0 Å². The minimum Gasteiger partial charge on any atom is -0.394 e. The maximum Gasteiger partial charge on any atom is 0.228 e. The number of nitrogens with two attached hydrogens (primary N) is 1. The van der Waals surface area contributed by atoms with Crippen molar-refractivity contribution in [3.8, 4) is 0 Å². The molecule has 8 nitrogen and oxygen atoms in total. The highest BCUT2D eigenvalue weighted by Crippen LogP contribution is 2.29. The third-order valence-corrected chi connectivity index (χ3v) is 6.00. The average molecular weight is 486 g/mol. The van der Waals surface area contributed by atoms with Crippen molar-refractivity contribution in [1.29, 1.82) is 0 Å². The molecule has 1 aromatic heterocycles. The number of aromatic nitrogens is 2. The second-order valence-electron chi connectivity index (χ2n) is 9.75. The van der Waals surface area contributed by atoms with Gasteiger partial charge < -0.3 is 20.9 Å². The normalized spacial score (nSPS) is 15.1. The maximum atomic E-state index is 11.7. The molecule has 1 amide bonds. The number of nitrogen functional groups attached to an aromatic ring is 1. The number of hydrogen-bond donors (Lipinski definition) is 2. The number of nitrogens with one attached hydrogen (secondary N) is 1. The molecule has 0 saturated carbocycles. The summed E-state index contributed by atoms with van der Waals surface area (Å²) in [6, 6.07) is 7.97. The molecule has 34 heavy (non-hydrogen) atoms. The number of rotatable bonds is 7. The number of anilines is 3. The zero-order valence-electron chi connectivity index (χ0n) is 21.0. The molecule has 3 N–H and O–H groups in total. The van der Waals surface area contributed by atoms with Crippen LogP contribution in [0.1, 0.15) is 52.8 Å². The summed E-state index contributed by atoms with van der Waals surface area (Å²) in [6.07, 6.45) is 0.759. The van der Waals surface area contributed by atoms with Crippen LogP contribution in [-0.2, 0) is 11.2 Å². The molecule has 0 bridgehead atoms. The van der Waals surface area contributed by atoms with Gasteiger partial charge in [0.1, 0.15) is 11.4 Å². The Hall–Kier alpha value is -2.87. The number of nitrogens with zero attached hydrogens (tertiary/aromatic N) is 5. The fourth-order valence-corrected chi connectivity index (χ4v) is 4.24. The Morgan fingerprint density at radius 1 is 1.15 bits per heavy atom. The summed E-state index contributed by atoms with van der Waals surface area (Å²) in [5.41, 5.74) is 9.31. The van der Waals surface area contributed by atoms with Gasteiger partial charge in [0.15, 0.2) is 5.82 Å². The molecule has 1 fully saturated rings. The van der Waals surface area contributed by atoms with Gasteiger partial charge in [-0.05, 0) is 58.7 Å². The molecule has 0 aliphatic carbocycles. The van der Waals surface area contributed by atoms with Crippen molar-refractivity contribution in [3.63, 3.8) is 0 Å². The topological polar surface area (TPSA) is 99.7 Å². The highest BCUT2D eigenvalue weighted by molar-refractivity contribution is 6.30. The fraction of sp³-hybridized carbons (Fsp3) is 0.520. The fourth-order valence-electron chi connectivity index (χ4n) is 4.12. The summed E-state index contributed by atoms with van der Waals surface area (Å²) in [5, 5.41) is 4.27. The lowest BCUT2D eigenvalue weighted by Gasteiger charge is -2.35. The minimum absolute atomic E-state index is 0.0878. The van der Waals surface area contributed by atoms with Crippen LogP contribution in [0.2, 0.25) is 5.02 Å². The zero-order valence-corrected chi connectivity index (χ0v) is 21.8. The van der Waals surface area contributed by atoms with Crippen LogP contribution in [0.4, 0.5) is 17.5 Å². The number of benzene rings is 1. The first-order chi connectivity index (χ1) is 15.9. The molecule has 2 aromatic rings. The van der Waals surface area contributed by atoms with Crippen LogP contribution >= 0.6 is 11.6 Å². The number of amides is 1. The molecule has 2 heterocycles. The van der Waals surface area contributed by atoms with E-state index in [0.29, 0.717) is 54.3 Å². The van der Waals surface area contributed by atoms with E-state index in [-0.39, 0.29) is 17.5 Å². The van der Waals surface area contributed by atoms with E-state index in [1.165, 1.54) is 0 Å². The smallest absolute Gasteiger partial charge is 0.228 e. The lowest BCUT2D eigenvalue weighted by atomic mass is 9.95. The summed E-state index contributed by atoms with van der Waals surface area (Å²) in [5.74, 6) is 1.27. The number of aliphatic imine (C=N–C) groups is 1. The summed E-state index contributed by atoms with van der Waals surface area (Å²) < 4.78 is 0. The Morgan fingerprint density at radius 3 is 2.32 bits per heavy atom. The molecule has 0 spiro atoms. The van der Waals surface area contributed by atoms with E-state index >= 15 is 0 Å². The first kappa shape index (κ1) is 25.7. The second kappa shape index (κ2) is 10.6. The van der Waals surface area contributed by atoms with Crippen molar-refractivity contribution in [2.45, 2.75) is 59.5 Å². The Bertz CT molecular complexity index is 1040. The van der Waals surface area contributed by atoms with Crippen LogP contribution in [0.15, 0.2) is 29.3 Å². The van der Waals surface area contributed by atoms with Crippen molar-refractivity contribution in [2.75, 3.05) is 42.1 Å². The summed E-state index contributed by atoms with van der Waals surface area (Å²) in [7, 11) is 0. The van der Waals surface area contributed by atoms with Crippen molar-refractivity contribution >= 4 is 40.7 Å². The Kier molecular flexibility index (Phi) is 8.02. The molecule has 0 atom stereocenters. The third kappa shape index (κ3) is 6.59. The highest BCUT2D eigenvalue weighted by Gasteiger charge is 2.26. The van der Waals surface area contributed by atoms with Gasteiger partial charge in [-0.3, -0.25) is 9.79 Å². The predicted octanol–water partition coefficient (Wildman–Crippen LogP) is 4.03. The van der Waals surface area contributed by atoms with Gasteiger partial charge in [-0.15, -0.1) is 0 Å². The van der Waals surface area contributed by atoms with E-state index in [2.05, 4.69) is 29.1 Å². The second-order valence-corrected chi connectivity index (χ2v) is 10.2. The number of hydrogen-bond acceptors (Lipinski definition) is 7. The van der Waals surface area contributed by atoms with Crippen molar-refractivity contribution in [3.05, 3.63) is 40.5 Å². The van der Waals surface area contributed by atoms with Gasteiger partial charge in [-0.25, -0.2) is 4.98 Å². The molecule has 1 aliphatic rings. The van der Waals surface area contributed by atoms with Gasteiger partial charge in [0.05, 0.1) is 5.71 Å². The molecular formula is C25H36ClN7O. The van der Waals surface area contributed by atoms with E-state index in [1.807, 2.05) is 49.9 Å². The van der Waals surface area contributed by atoms with E-state index in [4.69, 9.17) is 27.3 Å². The average Bonchev–Trinajstić information content (AvgIpc) is 2.76. The van der Waals surface area contributed by atoms with Gasteiger partial charge in [0.2, 0.25) is 11.9 Å². The molecule has 3 rings (SSSR count). The first-order valence-corrected chi connectivity index (χ1v) is 12.1. The van der Waals surface area contributed by atoms with Gasteiger partial charge >= 0.3 is 0 Å². The summed E-state index contributed by atoms with van der Waals surface area (Å²) in [4.78, 5) is 30.0. The standard InChI is InChI=1S/C25H36ClN7O/c1-16(2)28-17(3)22-21(27)23(31-25(5,6)15-19-7-9-20(26)10-8-19)30-24(29-22)33-13-11-32(12-14-33)18(4)34/h7-10,16H,11-15,27H2,1-6H3,(H,29,30,31). The Morgan fingerprint density at radius 2 is 1.76 bits per heavy atom. The Labute approximate surface area is 207 Å². The number of carbonyl (C=O) groups is 1. The molecule has 184 valence electrons. The van der Waals surface area contributed by atoms with E-state index in [9.17, 15) is 4.79 Å². The van der Waals surface area contributed by atoms with E-state index in [1.54, 1.807) is 6.92 Å². The Balaban J connectivity index is 1.94. The summed E-state index contributed by atoms with van der Waals surface area (Å²) >= 11 is 6.05. The van der Waals surface area contributed by atoms with Crippen LogP contribution in [-0.4, -0.2) is 64.2 Å². The van der Waals surface area contributed by atoms with Gasteiger partial charge in [-0.1, -0.05) is 23.7 Å². The first-order valence-electron chi connectivity index (χ1n) is 11.7. The molecule has 1 saturated heterocycles. The molecular weight excluding hydrogens is 450 g/mol. The largest absolute Gasteiger partial charge is 0.394 e. The number of halogens is 1. The highest BCUT2D eigenvalue weighted by atomic mass is 35.5. The molecule has 1 aliphatic heterocycles. The van der Waals surface area contributed by atoms with Gasteiger partial charge in [-0.2, -0.15) is 4.98 Å². The van der Waals surface area contributed by atoms with Gasteiger partial charge in [0, 0.05) is 49.7 Å². The monoisotopic (exact) mass is 485 g/mol. The molecule has 0 radical (unpaired) electrons. The summed E-state index contributed by atoms with van der Waals surface area (Å²) in [6.45, 7) is 14.4. The van der Waals surface area contributed by atoms with Crippen LogP contribution in [0, 0.1) is 0 Å². The zero-order chi connectivity index (χ0) is 25.0. The SMILES string of the molecule is CC(=O)N1CCN(c2nc(NC(C)(C)Cc3ccc(Cl)cc3)c(N)c(C(C)=NC(C)C)n2)CC1. The van der Waals surface area contributed by atoms with Crippen molar-refractivity contribution in [1.82, 2.24) is 14.9 Å². The van der Waals surface area contributed by atoms with Crippen LogP contribution in [0.25, 0.3) is 0 Å². The lowest BCUT2D eigenvalue weighted by molar-refractivity contribution is -0.129. The van der Waals surface area contributed by atoms with Gasteiger partial charge in [0.25, 0.3) is 0 Å². The molecule has 1 aromatic carbocycles. The van der Waals surface area contributed by atoms with E-state index < -0.39 is 0 Å². The van der Waals surface area contributed by atoms with Crippen LogP contribution in [0.3, 0.4) is 0 Å². The number of piperazine rings is 1. The quantitative estimate of drug-likeness (QED) is 0.574. The molecule has 0 unspecified atom stereocenters.